The van der Waals surface area contributed by atoms with E-state index in [0.717, 1.165) is 35.2 Å². The van der Waals surface area contributed by atoms with Crippen molar-refractivity contribution in [3.63, 3.8) is 0 Å². The lowest BCUT2D eigenvalue weighted by atomic mass is 10.0. The minimum Gasteiger partial charge on any atom is -0.478 e. The maximum atomic E-state index is 11.8. The van der Waals surface area contributed by atoms with Crippen molar-refractivity contribution >= 4 is 17.3 Å². The molecule has 0 amide bonds. The van der Waals surface area contributed by atoms with Crippen LogP contribution < -0.4 is 5.32 Å². The highest BCUT2D eigenvalue weighted by molar-refractivity contribution is 5.96. The topological polar surface area (TPSA) is 49.3 Å². The van der Waals surface area contributed by atoms with E-state index >= 15 is 0 Å². The number of para-hydroxylation sites is 1. The maximum Gasteiger partial charge on any atom is 0.337 e. The van der Waals surface area contributed by atoms with Gasteiger partial charge >= 0.3 is 5.97 Å². The molecule has 0 spiro atoms. The number of benzene rings is 4. The molecule has 0 heterocycles. The minimum atomic E-state index is -0.940. The Bertz CT molecular complexity index is 1140. The zero-order chi connectivity index (χ0) is 20.8. The molecular weight excluding hydrogens is 370 g/mol. The molecule has 3 nitrogen and oxygen atoms in total. The maximum absolute atomic E-state index is 11.8. The van der Waals surface area contributed by atoms with E-state index < -0.39 is 5.97 Å². The summed E-state index contributed by atoms with van der Waals surface area (Å²) in [4.78, 5) is 11.8. The first-order chi connectivity index (χ1) is 14.7. The fraction of sp³-hybridized carbons (Fsp3) is 0.0741. The van der Waals surface area contributed by atoms with Gasteiger partial charge in [-0.05, 0) is 47.7 Å². The van der Waals surface area contributed by atoms with E-state index in [9.17, 15) is 9.90 Å². The zero-order valence-electron chi connectivity index (χ0n) is 16.6. The SMILES string of the molecule is O=C(O)c1ccc(CCc2ccccc2)cc1Nc1ccccc1-c1ccccc1. The van der Waals surface area contributed by atoms with Crippen LogP contribution in [0.5, 0.6) is 0 Å². The molecule has 0 atom stereocenters. The van der Waals surface area contributed by atoms with Crippen molar-refractivity contribution in [2.45, 2.75) is 12.8 Å². The van der Waals surface area contributed by atoms with Crippen LogP contribution in [0.3, 0.4) is 0 Å². The summed E-state index contributed by atoms with van der Waals surface area (Å²) < 4.78 is 0. The van der Waals surface area contributed by atoms with Gasteiger partial charge in [0.05, 0.1) is 11.3 Å². The summed E-state index contributed by atoms with van der Waals surface area (Å²) in [5, 5.41) is 13.1. The van der Waals surface area contributed by atoms with Gasteiger partial charge in [-0.25, -0.2) is 4.79 Å². The van der Waals surface area contributed by atoms with E-state index in [2.05, 4.69) is 29.6 Å². The minimum absolute atomic E-state index is 0.265. The van der Waals surface area contributed by atoms with Crippen molar-refractivity contribution in [1.82, 2.24) is 0 Å². The molecule has 0 aliphatic rings. The van der Waals surface area contributed by atoms with Crippen LogP contribution in [-0.2, 0) is 12.8 Å². The Morgan fingerprint density at radius 3 is 2.03 bits per heavy atom. The Balaban J connectivity index is 1.64. The van der Waals surface area contributed by atoms with Gasteiger partial charge in [0.2, 0.25) is 0 Å². The van der Waals surface area contributed by atoms with E-state index in [1.165, 1.54) is 5.56 Å². The number of hydrogen-bond acceptors (Lipinski definition) is 2. The van der Waals surface area contributed by atoms with Crippen molar-refractivity contribution in [2.75, 3.05) is 5.32 Å². The summed E-state index contributed by atoms with van der Waals surface area (Å²) in [5.41, 5.74) is 6.23. The van der Waals surface area contributed by atoms with Gasteiger partial charge in [-0.15, -0.1) is 0 Å². The molecule has 30 heavy (non-hydrogen) atoms. The Morgan fingerprint density at radius 1 is 0.667 bits per heavy atom. The Kier molecular flexibility index (Phi) is 5.90. The number of aryl methyl sites for hydroxylation is 2. The van der Waals surface area contributed by atoms with Gasteiger partial charge in [0, 0.05) is 11.3 Å². The van der Waals surface area contributed by atoms with Crippen molar-refractivity contribution < 1.29 is 9.90 Å². The molecule has 4 aromatic rings. The van der Waals surface area contributed by atoms with Crippen molar-refractivity contribution in [3.05, 3.63) is 120 Å². The lowest BCUT2D eigenvalue weighted by Crippen LogP contribution is -2.05. The number of nitrogens with one attached hydrogen (secondary N) is 1. The lowest BCUT2D eigenvalue weighted by molar-refractivity contribution is 0.0698. The molecule has 0 radical (unpaired) electrons. The Labute approximate surface area is 176 Å². The first kappa shape index (κ1) is 19.5. The lowest BCUT2D eigenvalue weighted by Gasteiger charge is -2.15. The van der Waals surface area contributed by atoms with Crippen LogP contribution in [0.2, 0.25) is 0 Å². The third kappa shape index (κ3) is 4.58. The fourth-order valence-electron chi connectivity index (χ4n) is 3.58. The number of carboxylic acid groups (broad SMARTS) is 1. The summed E-state index contributed by atoms with van der Waals surface area (Å²) in [6.07, 6.45) is 1.76. The third-order valence-corrected chi connectivity index (χ3v) is 5.14. The third-order valence-electron chi connectivity index (χ3n) is 5.14. The highest BCUT2D eigenvalue weighted by atomic mass is 16.4. The first-order valence-corrected chi connectivity index (χ1v) is 10.0. The largest absolute Gasteiger partial charge is 0.478 e. The molecule has 2 N–H and O–H groups in total. The normalized spacial score (nSPS) is 10.5. The quantitative estimate of drug-likeness (QED) is 0.373. The molecule has 0 fully saturated rings. The molecule has 0 saturated heterocycles. The van der Waals surface area contributed by atoms with Crippen molar-refractivity contribution in [2.24, 2.45) is 0 Å². The summed E-state index contributed by atoms with van der Waals surface area (Å²) in [6, 6.07) is 33.9. The van der Waals surface area contributed by atoms with Gasteiger partial charge in [-0.3, -0.25) is 0 Å². The molecule has 4 aromatic carbocycles. The second-order valence-electron chi connectivity index (χ2n) is 7.21. The van der Waals surface area contributed by atoms with E-state index in [-0.39, 0.29) is 5.56 Å². The average molecular weight is 393 g/mol. The number of rotatable bonds is 7. The molecular formula is C27H23NO2. The molecule has 4 rings (SSSR count). The number of anilines is 2. The van der Waals surface area contributed by atoms with Crippen molar-refractivity contribution in [1.29, 1.82) is 0 Å². The Morgan fingerprint density at radius 2 is 1.30 bits per heavy atom. The van der Waals surface area contributed by atoms with Crippen LogP contribution in [0.25, 0.3) is 11.1 Å². The second kappa shape index (κ2) is 9.10. The van der Waals surface area contributed by atoms with Gasteiger partial charge in [0.15, 0.2) is 0 Å². The van der Waals surface area contributed by atoms with Crippen LogP contribution in [0, 0.1) is 0 Å². The summed E-state index contributed by atoms with van der Waals surface area (Å²) >= 11 is 0. The molecule has 3 heteroatoms. The van der Waals surface area contributed by atoms with Gasteiger partial charge in [0.25, 0.3) is 0 Å². The summed E-state index contributed by atoms with van der Waals surface area (Å²) in [7, 11) is 0. The van der Waals surface area contributed by atoms with Crippen LogP contribution in [0.1, 0.15) is 21.5 Å². The monoisotopic (exact) mass is 393 g/mol. The predicted octanol–water partition coefficient (Wildman–Crippen LogP) is 6.58. The molecule has 0 aromatic heterocycles. The van der Waals surface area contributed by atoms with Gasteiger partial charge in [-0.1, -0.05) is 84.9 Å². The molecule has 0 aliphatic carbocycles. The zero-order valence-corrected chi connectivity index (χ0v) is 16.6. The van der Waals surface area contributed by atoms with E-state index in [0.29, 0.717) is 5.69 Å². The molecule has 148 valence electrons. The van der Waals surface area contributed by atoms with Gasteiger partial charge in [-0.2, -0.15) is 0 Å². The Hall–Kier alpha value is -3.85. The second-order valence-corrected chi connectivity index (χ2v) is 7.21. The van der Waals surface area contributed by atoms with Crippen molar-refractivity contribution in [3.8, 4) is 11.1 Å². The van der Waals surface area contributed by atoms with E-state index in [4.69, 9.17) is 0 Å². The van der Waals surface area contributed by atoms with Crippen LogP contribution in [0.15, 0.2) is 103 Å². The predicted molar refractivity (Wildman–Crippen MR) is 122 cm³/mol. The van der Waals surface area contributed by atoms with Crippen LogP contribution in [0.4, 0.5) is 11.4 Å². The number of carbonyl (C=O) groups is 1. The smallest absolute Gasteiger partial charge is 0.337 e. The highest BCUT2D eigenvalue weighted by Crippen LogP contribution is 2.31. The van der Waals surface area contributed by atoms with Gasteiger partial charge < -0.3 is 10.4 Å². The molecule has 0 saturated carbocycles. The van der Waals surface area contributed by atoms with Crippen LogP contribution >= 0.6 is 0 Å². The highest BCUT2D eigenvalue weighted by Gasteiger charge is 2.13. The number of carboxylic acids is 1. The fourth-order valence-corrected chi connectivity index (χ4v) is 3.58. The van der Waals surface area contributed by atoms with Crippen LogP contribution in [-0.4, -0.2) is 11.1 Å². The van der Waals surface area contributed by atoms with E-state index in [1.807, 2.05) is 72.8 Å². The molecule has 0 unspecified atom stereocenters. The summed E-state index contributed by atoms with van der Waals surface area (Å²) in [6.45, 7) is 0. The molecule has 0 bridgehead atoms. The average Bonchev–Trinajstić information content (AvgIpc) is 2.79. The van der Waals surface area contributed by atoms with E-state index in [1.54, 1.807) is 6.07 Å². The summed E-state index contributed by atoms with van der Waals surface area (Å²) in [5.74, 6) is -0.940. The number of aromatic carboxylic acids is 1. The standard InChI is InChI=1S/C27H23NO2/c29-27(30)24-18-17-21(16-15-20-9-3-1-4-10-20)19-26(24)28-25-14-8-7-13-23(25)22-11-5-2-6-12-22/h1-14,17-19,28H,15-16H2,(H,29,30). The van der Waals surface area contributed by atoms with Gasteiger partial charge in [0.1, 0.15) is 0 Å². The molecule has 0 aliphatic heterocycles. The number of hydrogen-bond donors (Lipinski definition) is 2. The first-order valence-electron chi connectivity index (χ1n) is 10.0.